The fraction of sp³-hybridized carbons (Fsp3) is 0.529. The van der Waals surface area contributed by atoms with E-state index in [1.165, 1.54) is 11.1 Å². The zero-order valence-electron chi connectivity index (χ0n) is 13.1. The third-order valence-corrected chi connectivity index (χ3v) is 4.17. The van der Waals surface area contributed by atoms with Crippen molar-refractivity contribution in [3.63, 3.8) is 0 Å². The summed E-state index contributed by atoms with van der Waals surface area (Å²) in [6.45, 7) is 7.84. The predicted molar refractivity (Wildman–Crippen MR) is 80.7 cm³/mol. The van der Waals surface area contributed by atoms with Crippen LogP contribution in [0, 0.1) is 25.7 Å². The first-order chi connectivity index (χ1) is 9.88. The van der Waals surface area contributed by atoms with Gasteiger partial charge in [-0.15, -0.1) is 0 Å². The molecule has 3 atom stereocenters. The van der Waals surface area contributed by atoms with Gasteiger partial charge in [-0.3, -0.25) is 9.59 Å². The van der Waals surface area contributed by atoms with Crippen LogP contribution in [0.4, 0.5) is 0 Å². The van der Waals surface area contributed by atoms with Crippen LogP contribution >= 0.6 is 0 Å². The minimum absolute atomic E-state index is 0.00466. The number of rotatable bonds is 5. The third kappa shape index (κ3) is 4.06. The molecular weight excluding hydrogens is 266 g/mol. The van der Waals surface area contributed by atoms with E-state index in [1.54, 1.807) is 0 Å². The lowest BCUT2D eigenvalue weighted by Gasteiger charge is -2.15. The van der Waals surface area contributed by atoms with Crippen molar-refractivity contribution in [2.75, 3.05) is 6.61 Å². The van der Waals surface area contributed by atoms with Crippen LogP contribution in [0.5, 0.6) is 0 Å². The van der Waals surface area contributed by atoms with Crippen molar-refractivity contribution in [3.8, 4) is 0 Å². The lowest BCUT2D eigenvalue weighted by Crippen LogP contribution is -2.31. The maximum Gasteiger partial charge on any atom is 0.309 e. The number of hydrogen-bond donors (Lipinski definition) is 1. The summed E-state index contributed by atoms with van der Waals surface area (Å²) in [5.74, 6) is -0.121. The fourth-order valence-electron chi connectivity index (χ4n) is 2.29. The normalized spacial score (nSPS) is 21.5. The van der Waals surface area contributed by atoms with Gasteiger partial charge in [-0.05, 0) is 49.8 Å². The average Bonchev–Trinajstić information content (AvgIpc) is 3.16. The van der Waals surface area contributed by atoms with Gasteiger partial charge in [0.1, 0.15) is 0 Å². The van der Waals surface area contributed by atoms with Crippen molar-refractivity contribution >= 4 is 11.9 Å². The van der Waals surface area contributed by atoms with Gasteiger partial charge in [-0.25, -0.2) is 0 Å². The van der Waals surface area contributed by atoms with E-state index in [1.807, 2.05) is 32.9 Å². The second-order valence-corrected chi connectivity index (χ2v) is 6.06. The van der Waals surface area contributed by atoms with Crippen LogP contribution in [0.25, 0.3) is 0 Å². The zero-order chi connectivity index (χ0) is 15.6. The molecule has 1 aliphatic rings. The van der Waals surface area contributed by atoms with E-state index < -0.39 is 0 Å². The maximum absolute atomic E-state index is 11.8. The van der Waals surface area contributed by atoms with E-state index in [9.17, 15) is 9.59 Å². The molecule has 1 fully saturated rings. The molecule has 0 aliphatic heterocycles. The number of hydrogen-bond acceptors (Lipinski definition) is 3. The highest BCUT2D eigenvalue weighted by atomic mass is 16.5. The van der Waals surface area contributed by atoms with Gasteiger partial charge in [0, 0.05) is 0 Å². The summed E-state index contributed by atoms with van der Waals surface area (Å²) in [7, 11) is 0. The first kappa shape index (κ1) is 15.5. The standard InChI is InChI=1S/C17H23NO3/c1-10-5-6-14(7-11(10)2)13(4)18-16(19)9-21-17(20)15-8-12(15)3/h5-7,12-13,15H,8-9H2,1-4H3,(H,18,19)/t12-,13-,15+/m0/s1. The van der Waals surface area contributed by atoms with E-state index in [-0.39, 0.29) is 30.4 Å². The van der Waals surface area contributed by atoms with Gasteiger partial charge in [-0.1, -0.05) is 25.1 Å². The molecule has 4 heteroatoms. The molecular formula is C17H23NO3. The lowest BCUT2D eigenvalue weighted by molar-refractivity contribution is -0.150. The zero-order valence-corrected chi connectivity index (χ0v) is 13.1. The second-order valence-electron chi connectivity index (χ2n) is 6.06. The Morgan fingerprint density at radius 1 is 1.33 bits per heavy atom. The van der Waals surface area contributed by atoms with Gasteiger partial charge in [0.25, 0.3) is 5.91 Å². The van der Waals surface area contributed by atoms with Crippen molar-refractivity contribution in [3.05, 3.63) is 34.9 Å². The quantitative estimate of drug-likeness (QED) is 0.848. The van der Waals surface area contributed by atoms with Crippen LogP contribution in [-0.4, -0.2) is 18.5 Å². The van der Waals surface area contributed by atoms with E-state index in [0.717, 1.165) is 12.0 Å². The van der Waals surface area contributed by atoms with Gasteiger partial charge in [0.05, 0.1) is 12.0 Å². The molecule has 114 valence electrons. The molecule has 0 unspecified atom stereocenters. The van der Waals surface area contributed by atoms with E-state index >= 15 is 0 Å². The molecule has 1 aromatic rings. The average molecular weight is 289 g/mol. The van der Waals surface area contributed by atoms with Crippen LogP contribution in [0.15, 0.2) is 18.2 Å². The highest BCUT2D eigenvalue weighted by molar-refractivity contribution is 5.82. The maximum atomic E-state index is 11.8. The van der Waals surface area contributed by atoms with Crippen molar-refractivity contribution in [1.29, 1.82) is 0 Å². The van der Waals surface area contributed by atoms with Crippen LogP contribution in [0.1, 0.15) is 43.0 Å². The molecule has 1 saturated carbocycles. The summed E-state index contributed by atoms with van der Waals surface area (Å²) < 4.78 is 5.03. The summed E-state index contributed by atoms with van der Waals surface area (Å²) in [6, 6.07) is 6.01. The molecule has 4 nitrogen and oxygen atoms in total. The smallest absolute Gasteiger partial charge is 0.309 e. The van der Waals surface area contributed by atoms with Crippen molar-refractivity contribution in [2.45, 2.75) is 40.2 Å². The fourth-order valence-corrected chi connectivity index (χ4v) is 2.29. The number of ether oxygens (including phenoxy) is 1. The SMILES string of the molecule is Cc1ccc([C@H](C)NC(=O)COC(=O)[C@@H]2C[C@@H]2C)cc1C. The van der Waals surface area contributed by atoms with Gasteiger partial charge < -0.3 is 10.1 Å². The molecule has 0 bridgehead atoms. The molecule has 2 rings (SSSR count). The van der Waals surface area contributed by atoms with Crippen molar-refractivity contribution in [2.24, 2.45) is 11.8 Å². The first-order valence-electron chi connectivity index (χ1n) is 7.41. The molecule has 1 N–H and O–H groups in total. The highest BCUT2D eigenvalue weighted by Crippen LogP contribution is 2.38. The number of benzene rings is 1. The number of carbonyl (C=O) groups excluding carboxylic acids is 2. The Morgan fingerprint density at radius 2 is 2.00 bits per heavy atom. The van der Waals surface area contributed by atoms with Crippen LogP contribution in [0.3, 0.4) is 0 Å². The lowest BCUT2D eigenvalue weighted by atomic mass is 10.0. The monoisotopic (exact) mass is 289 g/mol. The molecule has 0 spiro atoms. The topological polar surface area (TPSA) is 55.4 Å². The Morgan fingerprint density at radius 3 is 2.57 bits per heavy atom. The molecule has 0 saturated heterocycles. The predicted octanol–water partition coefficient (Wildman–Crippen LogP) is 2.68. The second kappa shape index (κ2) is 6.29. The highest BCUT2D eigenvalue weighted by Gasteiger charge is 2.40. The molecule has 1 aliphatic carbocycles. The Kier molecular flexibility index (Phi) is 4.66. The molecule has 1 amide bonds. The summed E-state index contributed by atoms with van der Waals surface area (Å²) in [5.41, 5.74) is 3.47. The summed E-state index contributed by atoms with van der Waals surface area (Å²) >= 11 is 0. The number of aryl methyl sites for hydroxylation is 2. The number of nitrogens with one attached hydrogen (secondary N) is 1. The van der Waals surface area contributed by atoms with Crippen LogP contribution < -0.4 is 5.32 Å². The number of carbonyl (C=O) groups is 2. The van der Waals surface area contributed by atoms with Crippen molar-refractivity contribution < 1.29 is 14.3 Å². The van der Waals surface area contributed by atoms with E-state index in [0.29, 0.717) is 5.92 Å². The molecule has 0 heterocycles. The van der Waals surface area contributed by atoms with E-state index in [2.05, 4.69) is 18.3 Å². The van der Waals surface area contributed by atoms with Gasteiger partial charge in [-0.2, -0.15) is 0 Å². The largest absolute Gasteiger partial charge is 0.455 e. The number of esters is 1. The molecule has 0 aromatic heterocycles. The first-order valence-corrected chi connectivity index (χ1v) is 7.41. The molecule has 21 heavy (non-hydrogen) atoms. The Labute approximate surface area is 125 Å². The Hall–Kier alpha value is -1.84. The molecule has 1 aromatic carbocycles. The number of amides is 1. The van der Waals surface area contributed by atoms with Gasteiger partial charge in [0.2, 0.25) is 0 Å². The summed E-state index contributed by atoms with van der Waals surface area (Å²) in [5, 5.41) is 2.85. The van der Waals surface area contributed by atoms with Crippen molar-refractivity contribution in [1.82, 2.24) is 5.32 Å². The Bertz CT molecular complexity index is 553. The van der Waals surface area contributed by atoms with Gasteiger partial charge in [0.15, 0.2) is 6.61 Å². The summed E-state index contributed by atoms with van der Waals surface area (Å²) in [6.07, 6.45) is 0.875. The molecule has 0 radical (unpaired) electrons. The minimum Gasteiger partial charge on any atom is -0.455 e. The van der Waals surface area contributed by atoms with Crippen LogP contribution in [0.2, 0.25) is 0 Å². The third-order valence-electron chi connectivity index (χ3n) is 4.17. The van der Waals surface area contributed by atoms with Crippen LogP contribution in [-0.2, 0) is 14.3 Å². The minimum atomic E-state index is -0.262. The summed E-state index contributed by atoms with van der Waals surface area (Å²) in [4.78, 5) is 23.4. The Balaban J connectivity index is 1.81. The van der Waals surface area contributed by atoms with Gasteiger partial charge >= 0.3 is 5.97 Å². The van der Waals surface area contributed by atoms with E-state index in [4.69, 9.17) is 4.74 Å².